The second-order valence-corrected chi connectivity index (χ2v) is 29.7. The van der Waals surface area contributed by atoms with Crippen molar-refractivity contribution in [3.05, 3.63) is 223 Å². The fourth-order valence-electron chi connectivity index (χ4n) is 12.6. The molecule has 0 amide bonds. The number of fused-ring (bicyclic) bond motifs is 10. The molecule has 15 rings (SSSR count). The van der Waals surface area contributed by atoms with Gasteiger partial charge in [-0.05, 0) is 156 Å². The Morgan fingerprint density at radius 1 is 0.321 bits per heavy atom. The first-order chi connectivity index (χ1) is 39.0. The van der Waals surface area contributed by atoms with Crippen LogP contribution in [0.15, 0.2) is 206 Å². The Bertz CT molecular complexity index is 4310. The van der Waals surface area contributed by atoms with Crippen LogP contribution in [-0.4, -0.2) is 6.71 Å². The molecule has 2 aliphatic rings. The van der Waals surface area contributed by atoms with E-state index in [0.717, 1.165) is 0 Å². The first-order valence-corrected chi connectivity index (χ1v) is 31.6. The summed E-state index contributed by atoms with van der Waals surface area (Å²) in [7, 11) is 0. The normalized spacial score (nSPS) is 13.4. The van der Waals surface area contributed by atoms with E-state index in [1.807, 2.05) is 45.3 Å². The topological polar surface area (TPSA) is 6.48 Å². The molecule has 0 N–H and O–H groups in total. The fraction of sp³-hybridized carbons (Fsp3) is 0.162. The maximum absolute atomic E-state index is 2.72. The minimum Gasteiger partial charge on any atom is -0.309 e. The molecule has 0 bridgehead atoms. The number of hydrogen-bond acceptors (Lipinski definition) is 6. The van der Waals surface area contributed by atoms with Crippen molar-refractivity contribution in [3.63, 3.8) is 0 Å². The smallest absolute Gasteiger partial charge is 0.277 e. The second-order valence-electron chi connectivity index (χ2n) is 25.3. The highest BCUT2D eigenvalue weighted by molar-refractivity contribution is 7.40. The molecule has 9 aromatic carbocycles. The van der Waals surface area contributed by atoms with E-state index in [4.69, 9.17) is 0 Å². The molecule has 0 aliphatic carbocycles. The van der Waals surface area contributed by atoms with Gasteiger partial charge in [0.25, 0.3) is 6.71 Å². The van der Waals surface area contributed by atoms with Gasteiger partial charge < -0.3 is 9.80 Å². The lowest BCUT2D eigenvalue weighted by Crippen LogP contribution is -2.59. The van der Waals surface area contributed by atoms with E-state index in [1.54, 1.807) is 0 Å². The minimum atomic E-state index is -0.203. The van der Waals surface area contributed by atoms with Crippen molar-refractivity contribution in [1.29, 1.82) is 0 Å². The maximum atomic E-state index is 2.72. The maximum Gasteiger partial charge on any atom is 0.277 e. The van der Waals surface area contributed by atoms with Crippen LogP contribution in [0.1, 0.15) is 79.0 Å². The molecule has 0 radical (unpaired) electrons. The number of thiophene rings is 4. The lowest BCUT2D eigenvalue weighted by Gasteiger charge is -2.44. The zero-order valence-corrected chi connectivity index (χ0v) is 50.5. The summed E-state index contributed by atoms with van der Waals surface area (Å²) in [5.41, 5.74) is 19.8. The molecule has 81 heavy (non-hydrogen) atoms. The lowest BCUT2D eigenvalue weighted by molar-refractivity contribution is 0.590. The monoisotopic (exact) mass is 1120 g/mol. The lowest BCUT2D eigenvalue weighted by atomic mass is 9.39. The number of benzene rings is 9. The predicted octanol–water partition coefficient (Wildman–Crippen LogP) is 21.2. The van der Waals surface area contributed by atoms with Gasteiger partial charge in [0.15, 0.2) is 0 Å². The van der Waals surface area contributed by atoms with Crippen LogP contribution in [0.5, 0.6) is 0 Å². The molecule has 4 aromatic heterocycles. The molecule has 0 saturated heterocycles. The van der Waals surface area contributed by atoms with Crippen LogP contribution in [0.25, 0.3) is 83.5 Å². The van der Waals surface area contributed by atoms with E-state index < -0.39 is 0 Å². The van der Waals surface area contributed by atoms with E-state index in [9.17, 15) is 0 Å². The van der Waals surface area contributed by atoms with E-state index in [-0.39, 0.29) is 23.0 Å². The van der Waals surface area contributed by atoms with Gasteiger partial charge in [0.05, 0.1) is 22.7 Å². The van der Waals surface area contributed by atoms with Gasteiger partial charge in [0, 0.05) is 71.4 Å². The molecule has 13 aromatic rings. The van der Waals surface area contributed by atoms with Crippen LogP contribution < -0.4 is 24.8 Å². The summed E-state index contributed by atoms with van der Waals surface area (Å²) >= 11 is 7.75. The molecule has 2 aliphatic heterocycles. The largest absolute Gasteiger partial charge is 0.309 e. The van der Waals surface area contributed by atoms with Crippen molar-refractivity contribution in [2.24, 2.45) is 0 Å². The fourth-order valence-corrected chi connectivity index (χ4v) is 17.3. The van der Waals surface area contributed by atoms with Crippen LogP contribution in [0.3, 0.4) is 0 Å². The van der Waals surface area contributed by atoms with Crippen LogP contribution >= 0.6 is 45.3 Å². The van der Waals surface area contributed by atoms with Crippen LogP contribution in [0.2, 0.25) is 0 Å². The van der Waals surface area contributed by atoms with E-state index in [1.165, 1.54) is 149 Å². The molecule has 7 heteroatoms. The molecular weight excluding hydrogens is 1060 g/mol. The highest BCUT2D eigenvalue weighted by Crippen LogP contribution is 2.55. The molecule has 0 fully saturated rings. The van der Waals surface area contributed by atoms with E-state index in [0.29, 0.717) is 0 Å². The van der Waals surface area contributed by atoms with Gasteiger partial charge in [-0.15, -0.1) is 45.3 Å². The zero-order valence-electron chi connectivity index (χ0n) is 47.2. The van der Waals surface area contributed by atoms with Crippen LogP contribution in [0, 0.1) is 0 Å². The number of hydrogen-bond donors (Lipinski definition) is 0. The summed E-state index contributed by atoms with van der Waals surface area (Å²) in [6.45, 7) is 21.3. The average molecular weight is 1120 g/mol. The van der Waals surface area contributed by atoms with E-state index in [2.05, 4.69) is 278 Å². The van der Waals surface area contributed by atoms with Crippen LogP contribution in [-0.2, 0) is 16.2 Å². The van der Waals surface area contributed by atoms with Crippen molar-refractivity contribution < 1.29 is 0 Å². The number of anilines is 6. The van der Waals surface area contributed by atoms with Gasteiger partial charge in [-0.2, -0.15) is 0 Å². The van der Waals surface area contributed by atoms with Crippen LogP contribution in [0.4, 0.5) is 34.1 Å². The molecule has 2 nitrogen and oxygen atoms in total. The molecule has 0 atom stereocenters. The highest BCUT2D eigenvalue weighted by atomic mass is 32.1. The third kappa shape index (κ3) is 8.28. The first kappa shape index (κ1) is 50.4. The zero-order chi connectivity index (χ0) is 55.3. The van der Waals surface area contributed by atoms with Gasteiger partial charge >= 0.3 is 0 Å². The number of rotatable bonds is 6. The Labute approximate surface area is 492 Å². The Morgan fingerprint density at radius 3 is 1.14 bits per heavy atom. The highest BCUT2D eigenvalue weighted by Gasteiger charge is 2.48. The van der Waals surface area contributed by atoms with Gasteiger partial charge in [-0.25, -0.2) is 0 Å². The summed E-state index contributed by atoms with van der Waals surface area (Å²) in [5.74, 6) is 0. The average Bonchev–Trinajstić information content (AvgIpc) is 2.91. The molecule has 0 saturated carbocycles. The molecule has 0 spiro atoms. The van der Waals surface area contributed by atoms with E-state index >= 15 is 0 Å². The van der Waals surface area contributed by atoms with Crippen molar-refractivity contribution in [2.75, 3.05) is 9.80 Å². The van der Waals surface area contributed by atoms with Gasteiger partial charge in [-0.1, -0.05) is 184 Å². The molecular formula is C74H61BN2S4. The van der Waals surface area contributed by atoms with Crippen molar-refractivity contribution in [2.45, 2.75) is 78.6 Å². The van der Waals surface area contributed by atoms with Gasteiger partial charge in [0.1, 0.15) is 0 Å². The Morgan fingerprint density at radius 2 is 0.728 bits per heavy atom. The van der Waals surface area contributed by atoms with Crippen molar-refractivity contribution in [1.82, 2.24) is 0 Å². The predicted molar refractivity (Wildman–Crippen MR) is 360 cm³/mol. The summed E-state index contributed by atoms with van der Waals surface area (Å²) in [5, 5.41) is 5.19. The standard InChI is InChI=1S/C74H61BN2S4/c1-72(2,3)50-30-34-63-55(40-50)68-70(80-63)75-67-59(76(68)57-32-28-48(36-53(57)44-20-12-10-13-21-44)65-38-46-24-16-18-26-61(46)78-65)42-52(74(7,8)9)43-60(67)77(69-56-41-51(73(4,5)6)31-35-64(56)81-71(69)75)58-33-29-49(37-54(58)45-22-14-11-15-23-45)66-39-47-25-17-19-27-62(47)79-66/h10-43H,1-9H3. The molecule has 0 unspecified atom stereocenters. The number of nitrogens with zero attached hydrogens (tertiary/aromatic N) is 2. The summed E-state index contributed by atoms with van der Waals surface area (Å²) in [4.78, 5) is 7.99. The molecule has 394 valence electrons. The Balaban J connectivity index is 1.07. The summed E-state index contributed by atoms with van der Waals surface area (Å²) < 4.78 is 8.03. The third-order valence-corrected chi connectivity index (χ3v) is 21.7. The SMILES string of the molecule is CC(C)(C)c1cc2c3c(c1)N(c1ccc(-c4cc5ccccc5s4)cc1-c1ccccc1)c1c(sc4ccc(C(C)(C)C)cc14)B3c1sc3ccc(C(C)(C)C)cc3c1N2c1ccc(-c2cc3ccccc3s2)cc1-c1ccccc1. The minimum absolute atomic E-state index is 0.0246. The third-order valence-electron chi connectivity index (χ3n) is 16.9. The Hall–Kier alpha value is -7.52. The summed E-state index contributed by atoms with van der Waals surface area (Å²) in [6.07, 6.45) is 0. The first-order valence-electron chi connectivity index (χ1n) is 28.3. The Kier molecular flexibility index (Phi) is 11.5. The van der Waals surface area contributed by atoms with Crippen molar-refractivity contribution in [3.8, 4) is 43.1 Å². The second kappa shape index (κ2) is 18.5. The summed E-state index contributed by atoms with van der Waals surface area (Å²) in [6, 6.07) is 79.1. The van der Waals surface area contributed by atoms with Gasteiger partial charge in [0.2, 0.25) is 0 Å². The van der Waals surface area contributed by atoms with Gasteiger partial charge in [-0.3, -0.25) is 0 Å². The molecule has 6 heterocycles. The van der Waals surface area contributed by atoms with Crippen molar-refractivity contribution >= 4 is 142 Å². The quantitative estimate of drug-likeness (QED) is 0.153.